The van der Waals surface area contributed by atoms with Gasteiger partial charge in [-0.1, -0.05) is 60.7 Å². The highest BCUT2D eigenvalue weighted by Gasteiger charge is 2.45. The predicted molar refractivity (Wildman–Crippen MR) is 136 cm³/mol. The van der Waals surface area contributed by atoms with Gasteiger partial charge in [0.1, 0.15) is 17.8 Å². The summed E-state index contributed by atoms with van der Waals surface area (Å²) in [5.74, 6) is -1.29. The molecule has 2 N–H and O–H groups in total. The minimum Gasteiger partial charge on any atom is -0.338 e. The van der Waals surface area contributed by atoms with Gasteiger partial charge in [-0.05, 0) is 25.0 Å². The van der Waals surface area contributed by atoms with Crippen molar-refractivity contribution in [2.45, 2.75) is 32.4 Å². The monoisotopic (exact) mass is 505 g/mol. The molecule has 1 aliphatic rings. The molecular formula is C26H27N5O4S. The zero-order chi connectivity index (χ0) is 25.7. The molecule has 2 atom stereocenters. The molecule has 3 aromatic rings. The number of hydrogen-bond donors (Lipinski definition) is 2. The van der Waals surface area contributed by atoms with Crippen LogP contribution < -0.4 is 10.6 Å². The van der Waals surface area contributed by atoms with E-state index in [1.807, 2.05) is 50.2 Å². The zero-order valence-electron chi connectivity index (χ0n) is 20.0. The van der Waals surface area contributed by atoms with E-state index in [2.05, 4.69) is 15.6 Å². The van der Waals surface area contributed by atoms with Gasteiger partial charge in [-0.2, -0.15) is 0 Å². The van der Waals surface area contributed by atoms with E-state index in [4.69, 9.17) is 0 Å². The van der Waals surface area contributed by atoms with Crippen LogP contribution in [0, 0.1) is 0 Å². The van der Waals surface area contributed by atoms with Crippen LogP contribution in [-0.2, 0) is 16.0 Å². The highest BCUT2D eigenvalue weighted by atomic mass is 32.1. The molecule has 0 radical (unpaired) electrons. The molecule has 1 aromatic heterocycles. The largest absolute Gasteiger partial charge is 0.338 e. The van der Waals surface area contributed by atoms with Crippen molar-refractivity contribution in [2.75, 3.05) is 18.4 Å². The number of nitrogens with one attached hydrogen (secondary N) is 2. The molecule has 1 saturated heterocycles. The number of benzene rings is 2. The molecule has 10 heteroatoms. The van der Waals surface area contributed by atoms with Crippen LogP contribution in [0.4, 0.5) is 9.93 Å². The van der Waals surface area contributed by atoms with E-state index < -0.39 is 29.9 Å². The molecule has 2 aromatic carbocycles. The Morgan fingerprint density at radius 2 is 1.69 bits per heavy atom. The number of aromatic nitrogens is 1. The van der Waals surface area contributed by atoms with Crippen molar-refractivity contribution < 1.29 is 19.2 Å². The summed E-state index contributed by atoms with van der Waals surface area (Å²) in [7, 11) is 0. The molecule has 0 spiro atoms. The first-order valence-corrected chi connectivity index (χ1v) is 12.6. The van der Waals surface area contributed by atoms with Crippen LogP contribution in [0.15, 0.2) is 66.0 Å². The lowest BCUT2D eigenvalue weighted by atomic mass is 10.0. The molecule has 36 heavy (non-hydrogen) atoms. The molecule has 2 unspecified atom stereocenters. The van der Waals surface area contributed by atoms with Crippen LogP contribution in [0.25, 0.3) is 0 Å². The average Bonchev–Trinajstić information content (AvgIpc) is 3.48. The van der Waals surface area contributed by atoms with Gasteiger partial charge < -0.3 is 15.5 Å². The fourth-order valence-corrected chi connectivity index (χ4v) is 4.78. The Labute approximate surface area is 213 Å². The second kappa shape index (κ2) is 11.1. The molecule has 1 aliphatic heterocycles. The summed E-state index contributed by atoms with van der Waals surface area (Å²) >= 11 is 1.12. The molecule has 5 amide bonds. The summed E-state index contributed by atoms with van der Waals surface area (Å²) in [6.45, 7) is 4.85. The minimum absolute atomic E-state index is 0.129. The third-order valence-electron chi connectivity index (χ3n) is 5.99. The van der Waals surface area contributed by atoms with Crippen molar-refractivity contribution >= 4 is 40.2 Å². The van der Waals surface area contributed by atoms with Crippen LogP contribution in [0.1, 0.15) is 41.5 Å². The van der Waals surface area contributed by atoms with Crippen LogP contribution in [0.5, 0.6) is 0 Å². The van der Waals surface area contributed by atoms with Crippen molar-refractivity contribution in [3.8, 4) is 0 Å². The fraction of sp³-hybridized carbons (Fsp3) is 0.269. The first kappa shape index (κ1) is 25.1. The Kier molecular flexibility index (Phi) is 7.74. The number of nitrogens with zero attached hydrogens (tertiary/aromatic N) is 3. The summed E-state index contributed by atoms with van der Waals surface area (Å²) in [5.41, 5.74) is 1.66. The quantitative estimate of drug-likeness (QED) is 0.433. The normalized spacial score (nSPS) is 15.9. The molecular weight excluding hydrogens is 478 g/mol. The average molecular weight is 506 g/mol. The molecule has 186 valence electrons. The summed E-state index contributed by atoms with van der Waals surface area (Å²) < 4.78 is 0. The van der Waals surface area contributed by atoms with Crippen molar-refractivity contribution in [1.82, 2.24) is 20.1 Å². The minimum atomic E-state index is -1.11. The van der Waals surface area contributed by atoms with E-state index in [0.29, 0.717) is 18.7 Å². The number of thiazole rings is 1. The molecule has 4 rings (SSSR count). The third kappa shape index (κ3) is 5.28. The number of carbonyl (C=O) groups is 4. The summed E-state index contributed by atoms with van der Waals surface area (Å²) in [6, 6.07) is 15.4. The van der Waals surface area contributed by atoms with E-state index in [1.54, 1.807) is 34.5 Å². The second-order valence-corrected chi connectivity index (χ2v) is 9.07. The van der Waals surface area contributed by atoms with Gasteiger partial charge in [0.25, 0.3) is 11.8 Å². The number of urea groups is 1. The maximum atomic E-state index is 13.4. The first-order chi connectivity index (χ1) is 17.4. The van der Waals surface area contributed by atoms with E-state index in [1.165, 1.54) is 0 Å². The van der Waals surface area contributed by atoms with Crippen molar-refractivity contribution in [3.05, 3.63) is 82.9 Å². The highest BCUT2D eigenvalue weighted by molar-refractivity contribution is 7.14. The van der Waals surface area contributed by atoms with Gasteiger partial charge in [-0.3, -0.25) is 14.4 Å². The Balaban J connectivity index is 1.58. The Hall–Kier alpha value is -4.05. The van der Waals surface area contributed by atoms with Crippen molar-refractivity contribution in [2.24, 2.45) is 0 Å². The van der Waals surface area contributed by atoms with E-state index in [0.717, 1.165) is 21.8 Å². The van der Waals surface area contributed by atoms with Crippen molar-refractivity contribution in [3.63, 3.8) is 0 Å². The first-order valence-electron chi connectivity index (χ1n) is 11.7. The number of hydrogen-bond acceptors (Lipinski definition) is 6. The number of carbonyl (C=O) groups excluding carboxylic acids is 4. The standard InChI is InChI=1S/C26H27N5O4S/c1-3-30(4-2)23(33)19-16-36-25(27-19)29-22(32)20(15-17-11-7-5-8-12-17)31-24(34)21(28-26(31)35)18-13-9-6-10-14-18/h5-14,16,20-21H,3-4,15H2,1-2H3,(H,28,35)(H,27,29,32). The fourth-order valence-electron chi connectivity index (χ4n) is 4.09. The molecule has 9 nitrogen and oxygen atoms in total. The van der Waals surface area contributed by atoms with E-state index in [9.17, 15) is 19.2 Å². The lowest BCUT2D eigenvalue weighted by molar-refractivity contribution is -0.134. The number of rotatable bonds is 9. The highest BCUT2D eigenvalue weighted by Crippen LogP contribution is 2.26. The summed E-state index contributed by atoms with van der Waals surface area (Å²) in [5, 5.41) is 7.21. The van der Waals surface area contributed by atoms with Gasteiger partial charge in [0.05, 0.1) is 0 Å². The SMILES string of the molecule is CCN(CC)C(=O)c1csc(NC(=O)C(Cc2ccccc2)N2C(=O)NC(c3ccccc3)C2=O)n1. The zero-order valence-corrected chi connectivity index (χ0v) is 20.8. The lowest BCUT2D eigenvalue weighted by Crippen LogP contribution is -2.49. The van der Waals surface area contributed by atoms with Crippen LogP contribution in [-0.4, -0.2) is 57.7 Å². The Morgan fingerprint density at radius 3 is 2.33 bits per heavy atom. The third-order valence-corrected chi connectivity index (χ3v) is 6.75. The smallest absolute Gasteiger partial charge is 0.325 e. The molecule has 1 fully saturated rings. The molecule has 2 heterocycles. The molecule has 0 bridgehead atoms. The van der Waals surface area contributed by atoms with Crippen LogP contribution in [0.3, 0.4) is 0 Å². The number of amides is 5. The van der Waals surface area contributed by atoms with Gasteiger partial charge in [0, 0.05) is 24.9 Å². The maximum Gasteiger partial charge on any atom is 0.325 e. The molecule has 0 saturated carbocycles. The van der Waals surface area contributed by atoms with Gasteiger partial charge in [-0.15, -0.1) is 11.3 Å². The second-order valence-electron chi connectivity index (χ2n) is 8.21. The van der Waals surface area contributed by atoms with E-state index >= 15 is 0 Å². The summed E-state index contributed by atoms with van der Waals surface area (Å²) in [4.78, 5) is 59.2. The van der Waals surface area contributed by atoms with Gasteiger partial charge in [-0.25, -0.2) is 14.7 Å². The Bertz CT molecular complexity index is 1240. The van der Waals surface area contributed by atoms with Gasteiger partial charge in [0.15, 0.2) is 5.13 Å². The maximum absolute atomic E-state index is 13.4. The topological polar surface area (TPSA) is 112 Å². The molecule has 0 aliphatic carbocycles. The van der Waals surface area contributed by atoms with E-state index in [-0.39, 0.29) is 23.2 Å². The van der Waals surface area contributed by atoms with Gasteiger partial charge in [0.2, 0.25) is 5.91 Å². The van der Waals surface area contributed by atoms with Crippen LogP contribution >= 0.6 is 11.3 Å². The van der Waals surface area contributed by atoms with Crippen LogP contribution in [0.2, 0.25) is 0 Å². The number of anilines is 1. The predicted octanol–water partition coefficient (Wildman–Crippen LogP) is 3.47. The van der Waals surface area contributed by atoms with Gasteiger partial charge >= 0.3 is 6.03 Å². The number of imide groups is 1. The Morgan fingerprint density at radius 1 is 1.06 bits per heavy atom. The summed E-state index contributed by atoms with van der Waals surface area (Å²) in [6.07, 6.45) is 0.129. The lowest BCUT2D eigenvalue weighted by Gasteiger charge is -2.24. The van der Waals surface area contributed by atoms with Crippen molar-refractivity contribution in [1.29, 1.82) is 0 Å².